The normalized spacial score (nSPS) is 12.8. The Bertz CT molecular complexity index is 2400. The number of unbranched alkanes of at least 4 members (excludes halogenated alkanes) is 3. The number of rotatable bonds is 23. The number of anilines is 2. The van der Waals surface area contributed by atoms with E-state index in [1.54, 1.807) is 67.7 Å². The molecule has 340 valence electrons. The number of nitrogens with zero attached hydrogens (tertiary/aromatic N) is 5. The Morgan fingerprint density at radius 2 is 1.64 bits per heavy atom. The van der Waals surface area contributed by atoms with Crippen molar-refractivity contribution in [3.05, 3.63) is 120 Å². The van der Waals surface area contributed by atoms with E-state index >= 15 is 0 Å². The molecule has 2 heterocycles. The van der Waals surface area contributed by atoms with E-state index in [0.717, 1.165) is 30.3 Å². The molecule has 0 bridgehead atoms. The Morgan fingerprint density at radius 1 is 0.891 bits per heavy atom. The molecule has 0 aliphatic heterocycles. The lowest BCUT2D eigenvalue weighted by molar-refractivity contribution is -0.146. The minimum Gasteiger partial charge on any atom is -0.466 e. The van der Waals surface area contributed by atoms with E-state index in [0.29, 0.717) is 46.9 Å². The summed E-state index contributed by atoms with van der Waals surface area (Å²) in [4.78, 5) is 66.7. The van der Waals surface area contributed by atoms with Crippen LogP contribution in [-0.4, -0.2) is 83.6 Å². The molecule has 1 unspecified atom stereocenters. The minimum atomic E-state index is -3.80. The van der Waals surface area contributed by atoms with Gasteiger partial charge in [0.25, 0.3) is 13.4 Å². The van der Waals surface area contributed by atoms with Crippen LogP contribution in [0.5, 0.6) is 0 Å². The predicted molar refractivity (Wildman–Crippen MR) is 245 cm³/mol. The van der Waals surface area contributed by atoms with E-state index in [-0.39, 0.29) is 50.9 Å². The largest absolute Gasteiger partial charge is 0.466 e. The first-order valence-corrected chi connectivity index (χ1v) is 23.1. The number of pyridine rings is 1. The quantitative estimate of drug-likeness (QED) is 0.0143. The third kappa shape index (κ3) is 14.3. The number of amides is 2. The third-order valence-corrected chi connectivity index (χ3v) is 11.8. The minimum absolute atomic E-state index is 0.00809. The lowest BCUT2D eigenvalue weighted by atomic mass is 10.1. The highest BCUT2D eigenvalue weighted by Gasteiger charge is 2.30. The third-order valence-electron chi connectivity index (χ3n) is 9.85. The number of aromatic nitrogens is 3. The molecule has 2 atom stereocenters. The van der Waals surface area contributed by atoms with Crippen LogP contribution in [0.4, 0.5) is 16.3 Å². The average molecular weight is 897 g/mol. The first kappa shape index (κ1) is 48.6. The van der Waals surface area contributed by atoms with Crippen LogP contribution >= 0.6 is 7.44 Å². The van der Waals surface area contributed by atoms with Crippen molar-refractivity contribution >= 4 is 59.8 Å². The Morgan fingerprint density at radius 3 is 2.34 bits per heavy atom. The number of aliphatic imine (C=N–C) groups is 1. The maximum Gasteiger partial charge on any atom is 0.435 e. The molecular formula is C46H57N8O9P. The SMILES string of the molecule is CCCCCCOC(=O)/N=C(\NP(=O)(COC)N[C@H](C)C(=O)OCc1ccccc1)c1ccc(NCc2nc3cc(C(=O)N(CCC(=O)OCC)c4ccccn4)ccc3n2C)cc1. The second kappa shape index (κ2) is 24.4. The van der Waals surface area contributed by atoms with Crippen LogP contribution in [0.2, 0.25) is 0 Å². The van der Waals surface area contributed by atoms with Crippen molar-refractivity contribution in [1.29, 1.82) is 0 Å². The number of esters is 2. The second-order valence-electron chi connectivity index (χ2n) is 14.8. The van der Waals surface area contributed by atoms with Gasteiger partial charge in [0.2, 0.25) is 0 Å². The number of hydrogen-bond donors (Lipinski definition) is 3. The number of amidine groups is 1. The average Bonchev–Trinajstić information content (AvgIpc) is 3.61. The summed E-state index contributed by atoms with van der Waals surface area (Å²) >= 11 is 0. The number of aryl methyl sites for hydroxylation is 1. The number of nitrogens with one attached hydrogen (secondary N) is 3. The van der Waals surface area contributed by atoms with Crippen molar-refractivity contribution in [3.63, 3.8) is 0 Å². The summed E-state index contributed by atoms with van der Waals surface area (Å²) in [6.07, 6.45) is 4.00. The second-order valence-corrected chi connectivity index (χ2v) is 17.0. The van der Waals surface area contributed by atoms with E-state index in [2.05, 4.69) is 32.4 Å². The zero-order valence-electron chi connectivity index (χ0n) is 37.0. The van der Waals surface area contributed by atoms with Gasteiger partial charge in [-0.1, -0.05) is 62.6 Å². The highest BCUT2D eigenvalue weighted by Crippen LogP contribution is 2.37. The lowest BCUT2D eigenvalue weighted by Gasteiger charge is -2.25. The summed E-state index contributed by atoms with van der Waals surface area (Å²) in [5, 5.41) is 9.05. The van der Waals surface area contributed by atoms with Crippen molar-refractivity contribution in [2.75, 3.05) is 43.4 Å². The molecule has 64 heavy (non-hydrogen) atoms. The van der Waals surface area contributed by atoms with Gasteiger partial charge in [0.15, 0.2) is 0 Å². The zero-order valence-corrected chi connectivity index (χ0v) is 37.8. The van der Waals surface area contributed by atoms with E-state index in [9.17, 15) is 23.7 Å². The summed E-state index contributed by atoms with van der Waals surface area (Å²) in [5.41, 5.74) is 3.69. The van der Waals surface area contributed by atoms with E-state index in [1.165, 1.54) is 18.9 Å². The molecule has 2 aromatic heterocycles. The Hall–Kier alpha value is -6.42. The predicted octanol–water partition coefficient (Wildman–Crippen LogP) is 7.75. The zero-order chi connectivity index (χ0) is 45.9. The number of carbonyl (C=O) groups excluding carboxylic acids is 4. The summed E-state index contributed by atoms with van der Waals surface area (Å²) < 4.78 is 37.5. The van der Waals surface area contributed by atoms with Crippen LogP contribution in [0.3, 0.4) is 0 Å². The van der Waals surface area contributed by atoms with E-state index in [4.69, 9.17) is 23.9 Å². The first-order chi connectivity index (χ1) is 30.9. The topological polar surface area (TPSA) is 205 Å². The maximum atomic E-state index is 14.3. The molecule has 0 saturated carbocycles. The standard InChI is InChI=1S/C46H57N8O9P/c1-6-8-9-15-28-62-46(58)50-43(52-64(59,32-60-5)51-33(3)45(57)63-31-34-16-11-10-12-17-34)35-19-22-37(23-20-35)48-30-41-49-38-29-36(21-24-39(38)53(41)4)44(56)54(27-25-42(55)61-7-2)40-18-13-14-26-47-40/h10-14,16-24,26,29,33,48H,6-9,15,25,27-28,30-32H2,1-5H3,(H2,50,51,52,58,59)/t33-,64?/m1/s1. The van der Waals surface area contributed by atoms with Crippen molar-refractivity contribution < 1.29 is 42.7 Å². The molecule has 0 spiro atoms. The molecule has 2 amide bonds. The summed E-state index contributed by atoms with van der Waals surface area (Å²) in [6.45, 7) is 6.20. The van der Waals surface area contributed by atoms with Gasteiger partial charge in [-0.3, -0.25) is 23.8 Å². The van der Waals surface area contributed by atoms with Gasteiger partial charge in [-0.05, 0) is 80.4 Å². The molecule has 0 aliphatic rings. The summed E-state index contributed by atoms with van der Waals surface area (Å²) in [7, 11) is -0.557. The number of fused-ring (bicyclic) bond motifs is 1. The number of carbonyl (C=O) groups is 4. The van der Waals surface area contributed by atoms with E-state index < -0.39 is 31.5 Å². The number of hydrogen-bond acceptors (Lipinski definition) is 12. The number of imidazole rings is 1. The molecule has 0 aliphatic carbocycles. The van der Waals surface area contributed by atoms with Crippen LogP contribution < -0.4 is 20.4 Å². The van der Waals surface area contributed by atoms with Gasteiger partial charge >= 0.3 is 18.0 Å². The van der Waals surface area contributed by atoms with Crippen LogP contribution in [0.1, 0.15) is 80.2 Å². The van der Waals surface area contributed by atoms with Gasteiger partial charge in [0.05, 0.1) is 37.2 Å². The monoisotopic (exact) mass is 896 g/mol. The van der Waals surface area contributed by atoms with Gasteiger partial charge in [-0.2, -0.15) is 4.99 Å². The van der Waals surface area contributed by atoms with Crippen molar-refractivity contribution in [1.82, 2.24) is 24.7 Å². The van der Waals surface area contributed by atoms with Crippen LogP contribution in [0.25, 0.3) is 11.0 Å². The Kier molecular flexibility index (Phi) is 18.6. The molecule has 17 nitrogen and oxygen atoms in total. The molecular weight excluding hydrogens is 840 g/mol. The molecule has 18 heteroatoms. The number of methoxy groups -OCH3 is 1. The molecule has 0 fully saturated rings. The Balaban J connectivity index is 1.30. The van der Waals surface area contributed by atoms with Gasteiger partial charge in [0, 0.05) is 43.7 Å². The first-order valence-electron chi connectivity index (χ1n) is 21.2. The number of ether oxygens (including phenoxy) is 4. The molecule has 5 aromatic rings. The van der Waals surface area contributed by atoms with Crippen molar-refractivity contribution in [3.8, 4) is 0 Å². The van der Waals surface area contributed by atoms with Gasteiger partial charge in [-0.15, -0.1) is 0 Å². The van der Waals surface area contributed by atoms with Crippen molar-refractivity contribution in [2.24, 2.45) is 12.0 Å². The smallest absolute Gasteiger partial charge is 0.435 e. The Labute approximate surface area is 373 Å². The van der Waals surface area contributed by atoms with E-state index in [1.807, 2.05) is 48.0 Å². The van der Waals surface area contributed by atoms with Crippen LogP contribution in [0.15, 0.2) is 102 Å². The maximum absolute atomic E-state index is 14.3. The van der Waals surface area contributed by atoms with Gasteiger partial charge in [0.1, 0.15) is 36.5 Å². The number of benzene rings is 3. The fourth-order valence-corrected chi connectivity index (χ4v) is 8.35. The fraction of sp³-hybridized carbons (Fsp3) is 0.370. The summed E-state index contributed by atoms with van der Waals surface area (Å²) in [5.74, 6) is -0.336. The van der Waals surface area contributed by atoms with Crippen LogP contribution in [0, 0.1) is 0 Å². The van der Waals surface area contributed by atoms with Crippen molar-refractivity contribution in [2.45, 2.75) is 72.1 Å². The highest BCUT2D eigenvalue weighted by atomic mass is 31.2. The molecule has 3 N–H and O–H groups in total. The van der Waals surface area contributed by atoms with Crippen LogP contribution in [-0.2, 0) is 53.3 Å². The van der Waals surface area contributed by atoms with Gasteiger partial charge in [-0.25, -0.2) is 19.8 Å². The summed E-state index contributed by atoms with van der Waals surface area (Å²) in [6, 6.07) is 25.6. The molecule has 3 aromatic carbocycles. The molecule has 5 rings (SSSR count). The lowest BCUT2D eigenvalue weighted by Crippen LogP contribution is -2.39. The highest BCUT2D eigenvalue weighted by molar-refractivity contribution is 7.60. The van der Waals surface area contributed by atoms with Gasteiger partial charge < -0.3 is 33.9 Å². The fourth-order valence-electron chi connectivity index (χ4n) is 6.53. The molecule has 0 saturated heterocycles. The molecule has 0 radical (unpaired) electrons.